The Hall–Kier alpha value is -1.34. The van der Waals surface area contributed by atoms with Crippen molar-refractivity contribution in [3.05, 3.63) is 47.0 Å². The Morgan fingerprint density at radius 3 is 2.31 bits per heavy atom. The fourth-order valence-electron chi connectivity index (χ4n) is 1.79. The van der Waals surface area contributed by atoms with Gasteiger partial charge in [-0.25, -0.2) is 0 Å². The fourth-order valence-corrected chi connectivity index (χ4v) is 2.02. The van der Waals surface area contributed by atoms with Crippen molar-refractivity contribution < 1.29 is 4.79 Å². The van der Waals surface area contributed by atoms with Crippen LogP contribution in [0.25, 0.3) is 10.8 Å². The molecule has 0 spiro atoms. The maximum Gasteiger partial charge on any atom is 0.166 e. The van der Waals surface area contributed by atoms with E-state index in [0.717, 1.165) is 16.3 Å². The first-order valence-corrected chi connectivity index (χ1v) is 5.70. The van der Waals surface area contributed by atoms with Gasteiger partial charge in [0.25, 0.3) is 0 Å². The first-order valence-electron chi connectivity index (χ1n) is 5.32. The van der Waals surface area contributed by atoms with Crippen LogP contribution in [0.15, 0.2) is 36.4 Å². The molecule has 0 N–H and O–H groups in total. The van der Waals surface area contributed by atoms with Crippen LogP contribution in [-0.2, 0) is 0 Å². The highest BCUT2D eigenvalue weighted by atomic mass is 35.5. The molecule has 16 heavy (non-hydrogen) atoms. The third kappa shape index (κ3) is 1.83. The first-order chi connectivity index (χ1) is 7.61. The highest BCUT2D eigenvalue weighted by Crippen LogP contribution is 2.27. The summed E-state index contributed by atoms with van der Waals surface area (Å²) in [6.07, 6.45) is 0. The van der Waals surface area contributed by atoms with E-state index in [0.29, 0.717) is 5.02 Å². The van der Waals surface area contributed by atoms with Gasteiger partial charge in [-0.3, -0.25) is 4.79 Å². The van der Waals surface area contributed by atoms with Crippen LogP contribution in [0, 0.1) is 5.92 Å². The second kappa shape index (κ2) is 4.26. The van der Waals surface area contributed by atoms with Gasteiger partial charge in [0.1, 0.15) is 0 Å². The average molecular weight is 233 g/mol. The Morgan fingerprint density at radius 1 is 1.06 bits per heavy atom. The Balaban J connectivity index is 2.72. The van der Waals surface area contributed by atoms with E-state index < -0.39 is 0 Å². The largest absolute Gasteiger partial charge is 0.294 e. The Bertz CT molecular complexity index is 543. The van der Waals surface area contributed by atoms with Crippen LogP contribution in [-0.4, -0.2) is 5.78 Å². The number of hydrogen-bond donors (Lipinski definition) is 0. The number of halogens is 1. The lowest BCUT2D eigenvalue weighted by Gasteiger charge is -2.09. The molecule has 2 aromatic rings. The summed E-state index contributed by atoms with van der Waals surface area (Å²) in [6, 6.07) is 11.3. The van der Waals surface area contributed by atoms with Crippen molar-refractivity contribution in [3.8, 4) is 0 Å². The number of rotatable bonds is 2. The van der Waals surface area contributed by atoms with Crippen molar-refractivity contribution in [1.29, 1.82) is 0 Å². The maximum absolute atomic E-state index is 12.0. The number of ketones is 1. The third-order valence-corrected chi connectivity index (χ3v) is 2.99. The second-order valence-electron chi connectivity index (χ2n) is 4.16. The molecule has 82 valence electrons. The number of carbonyl (C=O) groups is 1. The molecule has 0 aliphatic heterocycles. The molecule has 2 heteroatoms. The molecular formula is C14H13ClO. The van der Waals surface area contributed by atoms with Gasteiger partial charge in [-0.15, -0.1) is 0 Å². The topological polar surface area (TPSA) is 17.1 Å². The molecule has 1 nitrogen and oxygen atoms in total. The number of Topliss-reactive ketones (excluding diaryl/α,β-unsaturated/α-hetero) is 1. The summed E-state index contributed by atoms with van der Waals surface area (Å²) in [5.41, 5.74) is 0.759. The van der Waals surface area contributed by atoms with Crippen molar-refractivity contribution in [3.63, 3.8) is 0 Å². The van der Waals surface area contributed by atoms with Gasteiger partial charge in [-0.2, -0.15) is 0 Å². The maximum atomic E-state index is 12.0. The molecule has 0 aromatic heterocycles. The summed E-state index contributed by atoms with van der Waals surface area (Å²) in [5.74, 6) is 0.164. The summed E-state index contributed by atoms with van der Waals surface area (Å²) < 4.78 is 0. The van der Waals surface area contributed by atoms with Gasteiger partial charge in [0.15, 0.2) is 5.78 Å². The van der Waals surface area contributed by atoms with Crippen LogP contribution in [0.4, 0.5) is 0 Å². The molecule has 0 unspecified atom stereocenters. The van der Waals surface area contributed by atoms with Crippen molar-refractivity contribution in [2.24, 2.45) is 5.92 Å². The summed E-state index contributed by atoms with van der Waals surface area (Å²) in [6.45, 7) is 3.82. The van der Waals surface area contributed by atoms with E-state index in [1.54, 1.807) is 6.07 Å². The summed E-state index contributed by atoms with van der Waals surface area (Å²) in [5, 5.41) is 2.57. The SMILES string of the molecule is CC(C)C(=O)c1ccc(Cl)c2ccccc12. The van der Waals surface area contributed by atoms with Crippen molar-refractivity contribution in [1.82, 2.24) is 0 Å². The molecular weight excluding hydrogens is 220 g/mol. The molecule has 2 rings (SSSR count). The molecule has 0 radical (unpaired) electrons. The smallest absolute Gasteiger partial charge is 0.166 e. The quantitative estimate of drug-likeness (QED) is 0.705. The van der Waals surface area contributed by atoms with E-state index in [9.17, 15) is 4.79 Å². The lowest BCUT2D eigenvalue weighted by atomic mass is 9.96. The minimum Gasteiger partial charge on any atom is -0.294 e. The van der Waals surface area contributed by atoms with Crippen molar-refractivity contribution in [2.75, 3.05) is 0 Å². The molecule has 0 atom stereocenters. The van der Waals surface area contributed by atoms with E-state index in [1.807, 2.05) is 44.2 Å². The number of carbonyl (C=O) groups excluding carboxylic acids is 1. The Kier molecular flexibility index (Phi) is 2.97. The van der Waals surface area contributed by atoms with Gasteiger partial charge in [0, 0.05) is 21.9 Å². The van der Waals surface area contributed by atoms with Gasteiger partial charge in [-0.1, -0.05) is 49.7 Å². The van der Waals surface area contributed by atoms with Crippen LogP contribution in [0.2, 0.25) is 5.02 Å². The van der Waals surface area contributed by atoms with Crippen LogP contribution >= 0.6 is 11.6 Å². The van der Waals surface area contributed by atoms with Crippen molar-refractivity contribution >= 4 is 28.2 Å². The molecule has 0 aliphatic carbocycles. The lowest BCUT2D eigenvalue weighted by Crippen LogP contribution is -2.07. The van der Waals surface area contributed by atoms with Crippen LogP contribution in [0.3, 0.4) is 0 Å². The summed E-state index contributed by atoms with van der Waals surface area (Å²) in [7, 11) is 0. The molecule has 0 fully saturated rings. The second-order valence-corrected chi connectivity index (χ2v) is 4.57. The van der Waals surface area contributed by atoms with E-state index in [4.69, 9.17) is 11.6 Å². The predicted molar refractivity (Wildman–Crippen MR) is 68.1 cm³/mol. The third-order valence-electron chi connectivity index (χ3n) is 2.66. The summed E-state index contributed by atoms with van der Waals surface area (Å²) >= 11 is 6.10. The van der Waals surface area contributed by atoms with Crippen LogP contribution in [0.1, 0.15) is 24.2 Å². The minimum absolute atomic E-state index is 0.00424. The predicted octanol–water partition coefficient (Wildman–Crippen LogP) is 4.33. The van der Waals surface area contributed by atoms with E-state index in [-0.39, 0.29) is 11.7 Å². The van der Waals surface area contributed by atoms with Gasteiger partial charge >= 0.3 is 0 Å². The average Bonchev–Trinajstić information content (AvgIpc) is 2.29. The monoisotopic (exact) mass is 232 g/mol. The summed E-state index contributed by atoms with van der Waals surface area (Å²) in [4.78, 5) is 12.0. The molecule has 0 heterocycles. The zero-order valence-corrected chi connectivity index (χ0v) is 10.1. The molecule has 0 amide bonds. The normalized spacial score (nSPS) is 11.0. The van der Waals surface area contributed by atoms with E-state index in [2.05, 4.69) is 0 Å². The Morgan fingerprint density at radius 2 is 1.69 bits per heavy atom. The number of fused-ring (bicyclic) bond motifs is 1. The van der Waals surface area contributed by atoms with Gasteiger partial charge in [0.05, 0.1) is 0 Å². The van der Waals surface area contributed by atoms with E-state index in [1.165, 1.54) is 0 Å². The van der Waals surface area contributed by atoms with Gasteiger partial charge in [-0.05, 0) is 17.5 Å². The van der Waals surface area contributed by atoms with Gasteiger partial charge < -0.3 is 0 Å². The molecule has 2 aromatic carbocycles. The number of benzene rings is 2. The zero-order chi connectivity index (χ0) is 11.7. The van der Waals surface area contributed by atoms with Crippen molar-refractivity contribution in [2.45, 2.75) is 13.8 Å². The molecule has 0 aliphatic rings. The first kappa shape index (κ1) is 11.2. The number of hydrogen-bond acceptors (Lipinski definition) is 1. The van der Waals surface area contributed by atoms with Crippen LogP contribution in [0.5, 0.6) is 0 Å². The Labute approximate surface area is 100 Å². The fraction of sp³-hybridized carbons (Fsp3) is 0.214. The molecule has 0 saturated carbocycles. The highest BCUT2D eigenvalue weighted by Gasteiger charge is 2.14. The molecule has 0 bridgehead atoms. The highest BCUT2D eigenvalue weighted by molar-refractivity contribution is 6.36. The van der Waals surface area contributed by atoms with Crippen LogP contribution < -0.4 is 0 Å². The van der Waals surface area contributed by atoms with E-state index >= 15 is 0 Å². The standard InChI is InChI=1S/C14H13ClO/c1-9(2)14(16)12-7-8-13(15)11-6-4-3-5-10(11)12/h3-9H,1-2H3. The molecule has 0 saturated heterocycles. The lowest BCUT2D eigenvalue weighted by molar-refractivity contribution is 0.0941. The zero-order valence-electron chi connectivity index (χ0n) is 9.33. The minimum atomic E-state index is 0.00424. The van der Waals surface area contributed by atoms with Gasteiger partial charge in [0.2, 0.25) is 0 Å².